The third kappa shape index (κ3) is 7.20. The van der Waals surface area contributed by atoms with Crippen molar-refractivity contribution in [1.29, 1.82) is 0 Å². The molecule has 0 N–H and O–H groups in total. The van der Waals surface area contributed by atoms with Gasteiger partial charge in [0.05, 0.1) is 6.04 Å². The van der Waals surface area contributed by atoms with Crippen molar-refractivity contribution in [3.8, 4) is 0 Å². The minimum atomic E-state index is -0.228. The zero-order valence-electron chi connectivity index (χ0n) is 22.5. The van der Waals surface area contributed by atoms with Gasteiger partial charge in [0, 0.05) is 56.5 Å². The first-order chi connectivity index (χ1) is 18.0. The number of piperazine rings is 1. The molecule has 0 aliphatic carbocycles. The lowest BCUT2D eigenvalue weighted by Crippen LogP contribution is -2.55. The van der Waals surface area contributed by atoms with Gasteiger partial charge in [0.15, 0.2) is 0 Å². The number of halogens is 1. The molecule has 1 saturated heterocycles. The molecule has 2 aromatic rings. The molecule has 2 aliphatic rings. The number of unbranched alkanes of at least 4 members (excludes halogenated alkanes) is 5. The van der Waals surface area contributed by atoms with E-state index in [9.17, 15) is 14.0 Å². The van der Waals surface area contributed by atoms with Crippen LogP contribution in [0.2, 0.25) is 0 Å². The predicted octanol–water partition coefficient (Wildman–Crippen LogP) is 6.03. The molecule has 0 unspecified atom stereocenters. The minimum absolute atomic E-state index is 0.0196. The summed E-state index contributed by atoms with van der Waals surface area (Å²) in [4.78, 5) is 33.5. The molecule has 202 valence electrons. The van der Waals surface area contributed by atoms with Crippen molar-refractivity contribution < 1.29 is 14.0 Å². The van der Waals surface area contributed by atoms with Crippen LogP contribution in [0.1, 0.15) is 87.3 Å². The third-order valence-corrected chi connectivity index (χ3v) is 8.88. The number of benzene rings is 1. The van der Waals surface area contributed by atoms with Gasteiger partial charge in [-0.25, -0.2) is 4.39 Å². The van der Waals surface area contributed by atoms with Crippen LogP contribution in [0.25, 0.3) is 0 Å². The molecule has 3 heterocycles. The van der Waals surface area contributed by atoms with Crippen LogP contribution in [0.5, 0.6) is 0 Å². The molecule has 5 nitrogen and oxygen atoms in total. The number of hydrogen-bond acceptors (Lipinski definition) is 4. The van der Waals surface area contributed by atoms with Gasteiger partial charge in [-0.05, 0) is 54.5 Å². The maximum Gasteiger partial charge on any atom is 0.223 e. The van der Waals surface area contributed by atoms with E-state index in [0.717, 1.165) is 31.4 Å². The molecule has 7 heteroatoms. The summed E-state index contributed by atoms with van der Waals surface area (Å²) in [5, 5.41) is 2.11. The SMILES string of the molecule is CCCCCCCCC(=O)N1CCN(C(=O)CCN2CCc3sccc3[C@@H]2c2cccc(F)c2)C[C@H]1C. The van der Waals surface area contributed by atoms with E-state index in [0.29, 0.717) is 39.0 Å². The molecule has 2 aliphatic heterocycles. The molecule has 2 atom stereocenters. The maximum atomic E-state index is 14.1. The molecule has 1 aromatic carbocycles. The zero-order chi connectivity index (χ0) is 26.2. The summed E-state index contributed by atoms with van der Waals surface area (Å²) in [5.74, 6) is 0.144. The van der Waals surface area contributed by atoms with E-state index in [1.54, 1.807) is 23.5 Å². The standard InChI is InChI=1S/C30H42FN3O2S/c1-3-4-5-6-7-8-12-29(36)34-19-18-33(22-23(34)2)28(35)14-17-32-16-13-27-26(15-20-37-27)30(32)24-10-9-11-25(31)21-24/h9-11,15,20-21,23,30H,3-8,12-14,16-19,22H2,1-2H3/t23-,30+/m1/s1. The molecule has 0 bridgehead atoms. The van der Waals surface area contributed by atoms with Crippen LogP contribution in [0.4, 0.5) is 4.39 Å². The molecular weight excluding hydrogens is 485 g/mol. The Kier molecular flexibility index (Phi) is 10.1. The van der Waals surface area contributed by atoms with Crippen molar-refractivity contribution in [2.45, 2.75) is 83.7 Å². The lowest BCUT2D eigenvalue weighted by molar-refractivity contribution is -0.142. The summed E-state index contributed by atoms with van der Waals surface area (Å²) in [7, 11) is 0. The van der Waals surface area contributed by atoms with Crippen molar-refractivity contribution in [3.05, 3.63) is 57.5 Å². The van der Waals surface area contributed by atoms with E-state index >= 15 is 0 Å². The number of hydrogen-bond donors (Lipinski definition) is 0. The van der Waals surface area contributed by atoms with Crippen molar-refractivity contribution >= 4 is 23.2 Å². The highest BCUT2D eigenvalue weighted by atomic mass is 32.1. The predicted molar refractivity (Wildman–Crippen MR) is 148 cm³/mol. The van der Waals surface area contributed by atoms with Crippen LogP contribution in [-0.2, 0) is 16.0 Å². The highest BCUT2D eigenvalue weighted by Crippen LogP contribution is 2.38. The number of thiophene rings is 1. The zero-order valence-corrected chi connectivity index (χ0v) is 23.3. The first-order valence-electron chi connectivity index (χ1n) is 14.1. The summed E-state index contributed by atoms with van der Waals surface area (Å²) < 4.78 is 14.1. The highest BCUT2D eigenvalue weighted by Gasteiger charge is 2.32. The Balaban J connectivity index is 1.28. The third-order valence-electron chi connectivity index (χ3n) is 7.89. The summed E-state index contributed by atoms with van der Waals surface area (Å²) in [6.45, 7) is 7.60. The van der Waals surface area contributed by atoms with Gasteiger partial charge in [-0.2, -0.15) is 0 Å². The second-order valence-electron chi connectivity index (χ2n) is 10.6. The van der Waals surface area contributed by atoms with Crippen LogP contribution in [0.3, 0.4) is 0 Å². The average molecular weight is 528 g/mol. The Labute approximate surface area is 225 Å². The van der Waals surface area contributed by atoms with Crippen LogP contribution < -0.4 is 0 Å². The van der Waals surface area contributed by atoms with Crippen LogP contribution in [0, 0.1) is 5.82 Å². The van der Waals surface area contributed by atoms with Crippen LogP contribution in [-0.4, -0.2) is 65.3 Å². The van der Waals surface area contributed by atoms with Gasteiger partial charge in [0.2, 0.25) is 11.8 Å². The van der Waals surface area contributed by atoms with Gasteiger partial charge >= 0.3 is 0 Å². The number of carbonyl (C=O) groups excluding carboxylic acids is 2. The fourth-order valence-corrected chi connectivity index (χ4v) is 6.73. The molecule has 37 heavy (non-hydrogen) atoms. The molecule has 1 fully saturated rings. The van der Waals surface area contributed by atoms with E-state index in [-0.39, 0.29) is 29.7 Å². The fourth-order valence-electron chi connectivity index (χ4n) is 5.83. The fraction of sp³-hybridized carbons (Fsp3) is 0.600. The Morgan fingerprint density at radius 2 is 1.81 bits per heavy atom. The van der Waals surface area contributed by atoms with E-state index in [1.807, 2.05) is 15.9 Å². The van der Waals surface area contributed by atoms with Crippen molar-refractivity contribution in [3.63, 3.8) is 0 Å². The van der Waals surface area contributed by atoms with Gasteiger partial charge in [0.25, 0.3) is 0 Å². The summed E-state index contributed by atoms with van der Waals surface area (Å²) in [5.41, 5.74) is 2.18. The van der Waals surface area contributed by atoms with Gasteiger partial charge in [-0.15, -0.1) is 11.3 Å². The molecule has 0 radical (unpaired) electrons. The smallest absolute Gasteiger partial charge is 0.223 e. The quantitative estimate of drug-likeness (QED) is 0.335. The molecule has 0 saturated carbocycles. The Bertz CT molecular complexity index is 1040. The van der Waals surface area contributed by atoms with Gasteiger partial charge in [0.1, 0.15) is 5.82 Å². The largest absolute Gasteiger partial charge is 0.339 e. The minimum Gasteiger partial charge on any atom is -0.339 e. The monoisotopic (exact) mass is 527 g/mol. The van der Waals surface area contributed by atoms with Crippen LogP contribution in [0.15, 0.2) is 35.7 Å². The number of carbonyl (C=O) groups is 2. The first-order valence-corrected chi connectivity index (χ1v) is 15.0. The van der Waals surface area contributed by atoms with E-state index in [4.69, 9.17) is 0 Å². The molecule has 2 amide bonds. The number of fused-ring (bicyclic) bond motifs is 1. The number of rotatable bonds is 11. The molecular formula is C30H42FN3O2S. The highest BCUT2D eigenvalue weighted by molar-refractivity contribution is 7.10. The second-order valence-corrected chi connectivity index (χ2v) is 11.6. The second kappa shape index (κ2) is 13.5. The van der Waals surface area contributed by atoms with Crippen LogP contribution >= 0.6 is 11.3 Å². The normalized spacial score (nSPS) is 20.2. The topological polar surface area (TPSA) is 43.9 Å². The first kappa shape index (κ1) is 27.8. The summed E-state index contributed by atoms with van der Waals surface area (Å²) in [6, 6.07) is 9.03. The van der Waals surface area contributed by atoms with E-state index in [2.05, 4.69) is 30.2 Å². The van der Waals surface area contributed by atoms with E-state index in [1.165, 1.54) is 42.2 Å². The summed E-state index contributed by atoms with van der Waals surface area (Å²) in [6.07, 6.45) is 9.08. The van der Waals surface area contributed by atoms with Gasteiger partial charge < -0.3 is 9.80 Å². The number of nitrogens with zero attached hydrogens (tertiary/aromatic N) is 3. The van der Waals surface area contributed by atoms with Gasteiger partial charge in [-0.3, -0.25) is 14.5 Å². The maximum absolute atomic E-state index is 14.1. The summed E-state index contributed by atoms with van der Waals surface area (Å²) >= 11 is 1.76. The average Bonchev–Trinajstić information content (AvgIpc) is 3.37. The molecule has 0 spiro atoms. The van der Waals surface area contributed by atoms with Crippen molar-refractivity contribution in [2.75, 3.05) is 32.7 Å². The lowest BCUT2D eigenvalue weighted by Gasteiger charge is -2.41. The van der Waals surface area contributed by atoms with E-state index < -0.39 is 0 Å². The Hall–Kier alpha value is -2.25. The Morgan fingerprint density at radius 3 is 2.59 bits per heavy atom. The molecule has 4 rings (SSSR count). The van der Waals surface area contributed by atoms with Crippen molar-refractivity contribution in [2.24, 2.45) is 0 Å². The van der Waals surface area contributed by atoms with Gasteiger partial charge in [-0.1, -0.05) is 51.2 Å². The van der Waals surface area contributed by atoms with Crippen molar-refractivity contribution in [1.82, 2.24) is 14.7 Å². The Morgan fingerprint density at radius 1 is 1.00 bits per heavy atom. The molecule has 1 aromatic heterocycles. The number of amides is 2. The lowest BCUT2D eigenvalue weighted by atomic mass is 9.93.